The van der Waals surface area contributed by atoms with Crippen molar-refractivity contribution in [2.45, 2.75) is 25.9 Å². The molecule has 1 atom stereocenters. The molecule has 13 heavy (non-hydrogen) atoms. The highest BCUT2D eigenvalue weighted by atomic mass is 19.1. The maximum absolute atomic E-state index is 12.8. The van der Waals surface area contributed by atoms with Crippen molar-refractivity contribution in [2.75, 3.05) is 0 Å². The van der Waals surface area contributed by atoms with Crippen molar-refractivity contribution in [3.8, 4) is 5.75 Å². The topological polar surface area (TPSA) is 40.5 Å². The van der Waals surface area contributed by atoms with Crippen molar-refractivity contribution < 1.29 is 14.6 Å². The molecule has 0 aliphatic carbocycles. The van der Waals surface area contributed by atoms with Crippen LogP contribution in [0.2, 0.25) is 0 Å². The number of hydrogen-bond acceptors (Lipinski definition) is 2. The lowest BCUT2D eigenvalue weighted by Crippen LogP contribution is -2.01. The van der Waals surface area contributed by atoms with Gasteiger partial charge in [-0.1, -0.05) is 6.07 Å². The zero-order chi connectivity index (χ0) is 9.84. The maximum Gasteiger partial charge on any atom is 0.165 e. The minimum atomic E-state index is -0.608. The largest absolute Gasteiger partial charge is 0.505 e. The smallest absolute Gasteiger partial charge is 0.165 e. The van der Waals surface area contributed by atoms with Crippen LogP contribution in [-0.2, 0) is 6.42 Å². The summed E-state index contributed by atoms with van der Waals surface area (Å²) in [6, 6.07) is 4.27. The molecule has 3 heteroatoms. The highest BCUT2D eigenvalue weighted by Gasteiger charge is 2.02. The van der Waals surface area contributed by atoms with E-state index in [0.717, 1.165) is 5.56 Å². The van der Waals surface area contributed by atoms with Gasteiger partial charge in [0.25, 0.3) is 0 Å². The van der Waals surface area contributed by atoms with Gasteiger partial charge in [-0.3, -0.25) is 0 Å². The summed E-state index contributed by atoms with van der Waals surface area (Å²) in [6.07, 6.45) is 0.843. The van der Waals surface area contributed by atoms with Gasteiger partial charge in [-0.2, -0.15) is 0 Å². The molecule has 72 valence electrons. The van der Waals surface area contributed by atoms with Crippen molar-refractivity contribution in [3.05, 3.63) is 29.6 Å². The van der Waals surface area contributed by atoms with Gasteiger partial charge in [0.05, 0.1) is 6.10 Å². The standard InChI is InChI=1S/C10H13FO2/c1-7(12)2-3-8-4-5-10(13)9(11)6-8/h4-7,12-13H,2-3H2,1H3. The first-order chi connectivity index (χ1) is 6.09. The van der Waals surface area contributed by atoms with Crippen LogP contribution >= 0.6 is 0 Å². The predicted molar refractivity (Wildman–Crippen MR) is 48.1 cm³/mol. The van der Waals surface area contributed by atoms with Gasteiger partial charge in [0, 0.05) is 0 Å². The lowest BCUT2D eigenvalue weighted by atomic mass is 10.1. The van der Waals surface area contributed by atoms with Gasteiger partial charge in [0.2, 0.25) is 0 Å². The second-order valence-corrected chi connectivity index (χ2v) is 3.17. The van der Waals surface area contributed by atoms with E-state index < -0.39 is 5.82 Å². The van der Waals surface area contributed by atoms with Crippen molar-refractivity contribution in [1.82, 2.24) is 0 Å². The van der Waals surface area contributed by atoms with Crippen LogP contribution < -0.4 is 0 Å². The van der Waals surface area contributed by atoms with E-state index >= 15 is 0 Å². The zero-order valence-electron chi connectivity index (χ0n) is 7.50. The fourth-order valence-corrected chi connectivity index (χ4v) is 1.08. The lowest BCUT2D eigenvalue weighted by molar-refractivity contribution is 0.185. The van der Waals surface area contributed by atoms with Crippen LogP contribution in [0.3, 0.4) is 0 Å². The second-order valence-electron chi connectivity index (χ2n) is 3.17. The number of halogens is 1. The average Bonchev–Trinajstić information content (AvgIpc) is 2.07. The highest BCUT2D eigenvalue weighted by molar-refractivity contribution is 5.28. The zero-order valence-corrected chi connectivity index (χ0v) is 7.50. The number of rotatable bonds is 3. The van der Waals surface area contributed by atoms with E-state index in [4.69, 9.17) is 10.2 Å². The fourth-order valence-electron chi connectivity index (χ4n) is 1.08. The minimum Gasteiger partial charge on any atom is -0.505 e. The quantitative estimate of drug-likeness (QED) is 0.752. The molecule has 0 spiro atoms. The van der Waals surface area contributed by atoms with E-state index in [1.165, 1.54) is 12.1 Å². The van der Waals surface area contributed by atoms with Crippen molar-refractivity contribution >= 4 is 0 Å². The molecule has 0 aliphatic heterocycles. The molecule has 0 saturated carbocycles. The molecule has 0 heterocycles. The molecule has 1 rings (SSSR count). The van der Waals surface area contributed by atoms with Gasteiger partial charge in [0.15, 0.2) is 11.6 Å². The van der Waals surface area contributed by atoms with Crippen LogP contribution in [0.4, 0.5) is 4.39 Å². The molecule has 1 unspecified atom stereocenters. The molecule has 0 saturated heterocycles. The van der Waals surface area contributed by atoms with Gasteiger partial charge in [-0.25, -0.2) is 4.39 Å². The minimum absolute atomic E-state index is 0.333. The van der Waals surface area contributed by atoms with E-state index in [0.29, 0.717) is 12.8 Å². The average molecular weight is 184 g/mol. The summed E-state index contributed by atoms with van der Waals surface area (Å²) in [5.41, 5.74) is 0.788. The summed E-state index contributed by atoms with van der Waals surface area (Å²) < 4.78 is 12.8. The molecular formula is C10H13FO2. The third-order valence-corrected chi connectivity index (χ3v) is 1.86. The Kier molecular flexibility index (Phi) is 3.25. The van der Waals surface area contributed by atoms with E-state index in [1.807, 2.05) is 0 Å². The summed E-state index contributed by atoms with van der Waals surface area (Å²) >= 11 is 0. The van der Waals surface area contributed by atoms with Gasteiger partial charge >= 0.3 is 0 Å². The van der Waals surface area contributed by atoms with Crippen LogP contribution in [0.1, 0.15) is 18.9 Å². The van der Waals surface area contributed by atoms with Gasteiger partial charge in [-0.15, -0.1) is 0 Å². The Morgan fingerprint density at radius 2 is 2.15 bits per heavy atom. The van der Waals surface area contributed by atoms with Crippen LogP contribution in [0.25, 0.3) is 0 Å². The first kappa shape index (κ1) is 9.99. The van der Waals surface area contributed by atoms with Gasteiger partial charge in [0.1, 0.15) is 0 Å². The van der Waals surface area contributed by atoms with E-state index in [-0.39, 0.29) is 11.9 Å². The Bertz CT molecular complexity index is 284. The second kappa shape index (κ2) is 4.23. The third-order valence-electron chi connectivity index (χ3n) is 1.86. The van der Waals surface area contributed by atoms with Crippen LogP contribution in [0.5, 0.6) is 5.75 Å². The highest BCUT2D eigenvalue weighted by Crippen LogP contribution is 2.17. The Morgan fingerprint density at radius 3 is 2.69 bits per heavy atom. The fraction of sp³-hybridized carbons (Fsp3) is 0.400. The normalized spacial score (nSPS) is 12.8. The number of phenols is 1. The summed E-state index contributed by atoms with van der Waals surface area (Å²) in [6.45, 7) is 1.69. The maximum atomic E-state index is 12.8. The summed E-state index contributed by atoms with van der Waals surface area (Å²) in [5.74, 6) is -0.941. The molecule has 0 amide bonds. The molecule has 0 aromatic heterocycles. The summed E-state index contributed by atoms with van der Waals surface area (Å²) in [4.78, 5) is 0. The van der Waals surface area contributed by atoms with Gasteiger partial charge in [-0.05, 0) is 37.5 Å². The number of aryl methyl sites for hydroxylation is 1. The summed E-state index contributed by atoms with van der Waals surface area (Å²) in [7, 11) is 0. The number of aliphatic hydroxyl groups is 1. The molecule has 2 N–H and O–H groups in total. The van der Waals surface area contributed by atoms with Crippen molar-refractivity contribution in [3.63, 3.8) is 0 Å². The molecule has 1 aromatic rings. The number of hydrogen-bond donors (Lipinski definition) is 2. The first-order valence-electron chi connectivity index (χ1n) is 4.25. The monoisotopic (exact) mass is 184 g/mol. The summed E-state index contributed by atoms with van der Waals surface area (Å²) in [5, 5.41) is 17.9. The van der Waals surface area contributed by atoms with E-state index in [9.17, 15) is 4.39 Å². The van der Waals surface area contributed by atoms with Gasteiger partial charge < -0.3 is 10.2 Å². The Balaban J connectivity index is 2.63. The van der Waals surface area contributed by atoms with Crippen LogP contribution in [-0.4, -0.2) is 16.3 Å². The Hall–Kier alpha value is -1.09. The van der Waals surface area contributed by atoms with Crippen molar-refractivity contribution in [2.24, 2.45) is 0 Å². The molecule has 0 bridgehead atoms. The van der Waals surface area contributed by atoms with E-state index in [1.54, 1.807) is 13.0 Å². The number of aliphatic hydroxyl groups excluding tert-OH is 1. The van der Waals surface area contributed by atoms with Crippen LogP contribution in [0, 0.1) is 5.82 Å². The van der Waals surface area contributed by atoms with E-state index in [2.05, 4.69) is 0 Å². The number of aromatic hydroxyl groups is 1. The van der Waals surface area contributed by atoms with Crippen molar-refractivity contribution in [1.29, 1.82) is 0 Å². The Morgan fingerprint density at radius 1 is 1.46 bits per heavy atom. The first-order valence-corrected chi connectivity index (χ1v) is 4.25. The Labute approximate surface area is 76.6 Å². The number of benzene rings is 1. The molecular weight excluding hydrogens is 171 g/mol. The molecule has 0 fully saturated rings. The lowest BCUT2D eigenvalue weighted by Gasteiger charge is -2.04. The molecule has 2 nitrogen and oxygen atoms in total. The molecule has 0 radical (unpaired) electrons. The number of phenolic OH excluding ortho intramolecular Hbond substituents is 1. The third kappa shape index (κ3) is 3.03. The molecule has 1 aromatic carbocycles. The van der Waals surface area contributed by atoms with Crippen LogP contribution in [0.15, 0.2) is 18.2 Å². The SMILES string of the molecule is CC(O)CCc1ccc(O)c(F)c1. The molecule has 0 aliphatic rings. The predicted octanol–water partition coefficient (Wildman–Crippen LogP) is 1.84.